The summed E-state index contributed by atoms with van der Waals surface area (Å²) in [5.74, 6) is 0.651. The molecule has 1 aliphatic rings. The molecule has 3 heterocycles. The van der Waals surface area contributed by atoms with Crippen LogP contribution in [0.3, 0.4) is 0 Å². The number of aromatic nitrogens is 4. The quantitative estimate of drug-likeness (QED) is 0.365. The Morgan fingerprint density at radius 3 is 2.48 bits per heavy atom. The molecule has 16 nitrogen and oxygen atoms in total. The van der Waals surface area contributed by atoms with Gasteiger partial charge in [0.15, 0.2) is 17.3 Å². The zero-order valence-electron chi connectivity index (χ0n) is 22.4. The van der Waals surface area contributed by atoms with Crippen molar-refractivity contribution in [3.63, 3.8) is 0 Å². The van der Waals surface area contributed by atoms with Crippen LogP contribution in [0.1, 0.15) is 16.4 Å². The van der Waals surface area contributed by atoms with Gasteiger partial charge in [-0.1, -0.05) is 11.2 Å². The molecule has 1 aliphatic heterocycles. The van der Waals surface area contributed by atoms with Gasteiger partial charge in [-0.2, -0.15) is 4.98 Å². The van der Waals surface area contributed by atoms with E-state index in [9.17, 15) is 14.4 Å². The monoisotopic (exact) mass is 555 g/mol. The van der Waals surface area contributed by atoms with Crippen LogP contribution in [-0.4, -0.2) is 103 Å². The molecule has 4 rings (SSSR count). The van der Waals surface area contributed by atoms with Crippen LogP contribution in [0.25, 0.3) is 11.4 Å². The third-order valence-electron chi connectivity index (χ3n) is 6.01. The molecular formula is C24H29N9O7. The molecule has 0 spiro atoms. The van der Waals surface area contributed by atoms with Crippen molar-refractivity contribution in [1.82, 2.24) is 35.5 Å². The van der Waals surface area contributed by atoms with E-state index < -0.39 is 12.0 Å². The maximum Gasteiger partial charge on any atom is 0.412 e. The second-order valence-corrected chi connectivity index (χ2v) is 8.44. The van der Waals surface area contributed by atoms with Crippen LogP contribution in [0.2, 0.25) is 0 Å². The van der Waals surface area contributed by atoms with Gasteiger partial charge in [-0.25, -0.2) is 9.59 Å². The number of carbonyl (C=O) groups excluding carboxylic acids is 3. The van der Waals surface area contributed by atoms with E-state index >= 15 is 0 Å². The highest BCUT2D eigenvalue weighted by Gasteiger charge is 2.24. The summed E-state index contributed by atoms with van der Waals surface area (Å²) in [6, 6.07) is 6.69. The Balaban J connectivity index is 1.56. The number of carbonyl (C=O) groups is 3. The van der Waals surface area contributed by atoms with Gasteiger partial charge >= 0.3 is 12.2 Å². The van der Waals surface area contributed by atoms with Gasteiger partial charge in [0.25, 0.3) is 5.91 Å². The van der Waals surface area contributed by atoms with Gasteiger partial charge in [0, 0.05) is 39.3 Å². The zero-order valence-corrected chi connectivity index (χ0v) is 22.4. The molecule has 0 unspecified atom stereocenters. The summed E-state index contributed by atoms with van der Waals surface area (Å²) in [7, 11) is 5.52. The molecule has 40 heavy (non-hydrogen) atoms. The predicted octanol–water partition coefficient (Wildman–Crippen LogP) is 1.70. The first-order valence-electron chi connectivity index (χ1n) is 12.1. The second-order valence-electron chi connectivity index (χ2n) is 8.44. The summed E-state index contributed by atoms with van der Waals surface area (Å²) in [4.78, 5) is 44.1. The van der Waals surface area contributed by atoms with E-state index in [-0.39, 0.29) is 23.3 Å². The van der Waals surface area contributed by atoms with Gasteiger partial charge in [-0.15, -0.1) is 10.2 Å². The molecule has 1 saturated heterocycles. The maximum absolute atomic E-state index is 12.4. The number of piperazine rings is 1. The van der Waals surface area contributed by atoms with Crippen LogP contribution in [0, 0.1) is 0 Å². The van der Waals surface area contributed by atoms with E-state index in [1.165, 1.54) is 34.4 Å². The summed E-state index contributed by atoms with van der Waals surface area (Å²) in [5.41, 5.74) is 1.23. The number of para-hydroxylation sites is 1. The van der Waals surface area contributed by atoms with Crippen molar-refractivity contribution in [3.8, 4) is 17.1 Å². The van der Waals surface area contributed by atoms with Gasteiger partial charge in [0.2, 0.25) is 11.7 Å². The Labute approximate surface area is 229 Å². The van der Waals surface area contributed by atoms with E-state index in [4.69, 9.17) is 14.0 Å². The predicted molar refractivity (Wildman–Crippen MR) is 140 cm³/mol. The third-order valence-corrected chi connectivity index (χ3v) is 6.01. The molecular weight excluding hydrogens is 526 g/mol. The molecule has 0 saturated carbocycles. The van der Waals surface area contributed by atoms with Gasteiger partial charge in [0.05, 0.1) is 44.8 Å². The largest absolute Gasteiger partial charge is 0.494 e. The van der Waals surface area contributed by atoms with Crippen molar-refractivity contribution in [2.45, 2.75) is 6.54 Å². The molecule has 3 amide bonds. The smallest absolute Gasteiger partial charge is 0.412 e. The number of methoxy groups -OCH3 is 3. The van der Waals surface area contributed by atoms with Gasteiger partial charge in [0.1, 0.15) is 0 Å². The molecule has 0 atom stereocenters. The van der Waals surface area contributed by atoms with Crippen molar-refractivity contribution >= 4 is 35.3 Å². The summed E-state index contributed by atoms with van der Waals surface area (Å²) < 4.78 is 20.5. The van der Waals surface area contributed by atoms with Crippen LogP contribution in [0.15, 0.2) is 28.8 Å². The minimum Gasteiger partial charge on any atom is -0.494 e. The molecule has 3 N–H and O–H groups in total. The fourth-order valence-corrected chi connectivity index (χ4v) is 4.00. The Morgan fingerprint density at radius 2 is 1.80 bits per heavy atom. The standard InChI is InChI=1S/C24H29N9O7/c1-25-22(34)19-16(12-17(29-30-19)27-23(35)38-3)26-15-7-5-6-14(20(15)37-2)21-28-18(40-31-21)13-32-8-10-33(11-9-32)24(36)39-4/h5-7,12H,8-11,13H2,1-4H3,(H,25,34)(H2,26,27,29,35). The lowest BCUT2D eigenvalue weighted by atomic mass is 10.1. The molecule has 1 fully saturated rings. The Bertz CT molecular complexity index is 1370. The van der Waals surface area contributed by atoms with Crippen LogP contribution in [0.5, 0.6) is 5.75 Å². The lowest BCUT2D eigenvalue weighted by Crippen LogP contribution is -2.48. The molecule has 16 heteroatoms. The molecule has 212 valence electrons. The number of rotatable bonds is 8. The van der Waals surface area contributed by atoms with Crippen LogP contribution >= 0.6 is 0 Å². The topological polar surface area (TPSA) is 186 Å². The summed E-state index contributed by atoms with van der Waals surface area (Å²) in [6.45, 7) is 2.75. The zero-order chi connectivity index (χ0) is 28.6. The molecule has 2 aromatic heterocycles. The minimum absolute atomic E-state index is 0.0143. The number of nitrogens with one attached hydrogen (secondary N) is 3. The van der Waals surface area contributed by atoms with Gasteiger partial charge < -0.3 is 34.3 Å². The van der Waals surface area contributed by atoms with Crippen molar-refractivity contribution in [1.29, 1.82) is 0 Å². The second kappa shape index (κ2) is 12.7. The van der Waals surface area contributed by atoms with Crippen molar-refractivity contribution in [3.05, 3.63) is 35.9 Å². The van der Waals surface area contributed by atoms with E-state index in [0.29, 0.717) is 61.4 Å². The normalized spacial score (nSPS) is 13.3. The van der Waals surface area contributed by atoms with Crippen LogP contribution in [0.4, 0.5) is 26.8 Å². The van der Waals surface area contributed by atoms with E-state index in [2.05, 4.69) is 45.9 Å². The average Bonchev–Trinajstić information content (AvgIpc) is 3.44. The number of hydrogen-bond donors (Lipinski definition) is 3. The lowest BCUT2D eigenvalue weighted by Gasteiger charge is -2.32. The highest BCUT2D eigenvalue weighted by molar-refractivity contribution is 5.99. The Morgan fingerprint density at radius 1 is 1.02 bits per heavy atom. The van der Waals surface area contributed by atoms with E-state index in [0.717, 1.165) is 0 Å². The first-order chi connectivity index (χ1) is 19.4. The van der Waals surface area contributed by atoms with Crippen molar-refractivity contribution in [2.75, 3.05) is 65.2 Å². The number of anilines is 3. The molecule has 3 aromatic rings. The maximum atomic E-state index is 12.4. The first-order valence-corrected chi connectivity index (χ1v) is 12.1. The van der Waals surface area contributed by atoms with E-state index in [1.807, 2.05) is 0 Å². The average molecular weight is 556 g/mol. The molecule has 0 aliphatic carbocycles. The number of benzene rings is 1. The van der Waals surface area contributed by atoms with Crippen molar-refractivity contribution < 1.29 is 33.1 Å². The number of nitrogens with zero attached hydrogens (tertiary/aromatic N) is 6. The van der Waals surface area contributed by atoms with Crippen molar-refractivity contribution in [2.24, 2.45) is 0 Å². The van der Waals surface area contributed by atoms with Gasteiger partial charge in [-0.3, -0.25) is 15.0 Å². The molecule has 0 bridgehead atoms. The molecule has 0 radical (unpaired) electrons. The third kappa shape index (κ3) is 6.35. The lowest BCUT2D eigenvalue weighted by molar-refractivity contribution is 0.0851. The Kier molecular flexibility index (Phi) is 8.90. The van der Waals surface area contributed by atoms with Crippen LogP contribution < -0.4 is 20.7 Å². The van der Waals surface area contributed by atoms with Gasteiger partial charge in [-0.05, 0) is 12.1 Å². The summed E-state index contributed by atoms with van der Waals surface area (Å²) in [5, 5.41) is 20.0. The highest BCUT2D eigenvalue weighted by atomic mass is 16.5. The highest BCUT2D eigenvalue weighted by Crippen LogP contribution is 2.37. The number of amides is 3. The Hall–Kier alpha value is -4.99. The van der Waals surface area contributed by atoms with E-state index in [1.54, 1.807) is 23.1 Å². The number of hydrogen-bond acceptors (Lipinski definition) is 13. The fraction of sp³-hybridized carbons (Fsp3) is 0.375. The summed E-state index contributed by atoms with van der Waals surface area (Å²) >= 11 is 0. The molecule has 1 aromatic carbocycles. The first kappa shape index (κ1) is 28.0. The SMILES string of the molecule is CNC(=O)c1nnc(NC(=O)OC)cc1Nc1cccc(-c2noc(CN3CCN(C(=O)OC)CC3)n2)c1OC. The summed E-state index contributed by atoms with van der Waals surface area (Å²) in [6.07, 6.45) is -1.09. The van der Waals surface area contributed by atoms with Crippen LogP contribution in [-0.2, 0) is 16.0 Å². The number of ether oxygens (including phenoxy) is 3. The minimum atomic E-state index is -0.745. The fourth-order valence-electron chi connectivity index (χ4n) is 4.00.